The van der Waals surface area contributed by atoms with E-state index in [1.807, 2.05) is 23.4 Å². The monoisotopic (exact) mass is 279 g/mol. The van der Waals surface area contributed by atoms with E-state index in [4.69, 9.17) is 0 Å². The maximum Gasteiger partial charge on any atom is 0.243 e. The molecule has 19 heavy (non-hydrogen) atoms. The van der Waals surface area contributed by atoms with Gasteiger partial charge in [-0.05, 0) is 44.7 Å². The molecule has 2 saturated carbocycles. The zero-order valence-electron chi connectivity index (χ0n) is 11.4. The number of hydrogen-bond acceptors (Lipinski definition) is 2. The van der Waals surface area contributed by atoms with Crippen LogP contribution in [0.5, 0.6) is 0 Å². The Hall–Kier alpha value is -0.870. The Morgan fingerprint density at radius 1 is 0.947 bits per heavy atom. The van der Waals surface area contributed by atoms with Gasteiger partial charge in [0.05, 0.1) is 4.90 Å². The van der Waals surface area contributed by atoms with Gasteiger partial charge in [-0.2, -0.15) is 4.31 Å². The van der Waals surface area contributed by atoms with Crippen LogP contribution in [0.4, 0.5) is 0 Å². The Kier molecular flexibility index (Phi) is 3.39. The van der Waals surface area contributed by atoms with Crippen molar-refractivity contribution in [3.63, 3.8) is 0 Å². The lowest BCUT2D eigenvalue weighted by atomic mass is 10.2. The molecule has 3 nitrogen and oxygen atoms in total. The van der Waals surface area contributed by atoms with E-state index in [0.29, 0.717) is 4.90 Å². The number of sulfonamides is 1. The minimum absolute atomic E-state index is 0.235. The van der Waals surface area contributed by atoms with Gasteiger partial charge < -0.3 is 0 Å². The third kappa shape index (κ3) is 2.56. The van der Waals surface area contributed by atoms with E-state index in [-0.39, 0.29) is 12.1 Å². The first-order valence-electron chi connectivity index (χ1n) is 7.19. The summed E-state index contributed by atoms with van der Waals surface area (Å²) in [6.07, 6.45) is 6.45. The number of rotatable bonds is 4. The van der Waals surface area contributed by atoms with E-state index in [0.717, 1.165) is 44.1 Å². The molecule has 0 unspecified atom stereocenters. The average molecular weight is 279 g/mol. The zero-order chi connectivity index (χ0) is 13.5. The summed E-state index contributed by atoms with van der Waals surface area (Å²) in [5, 5.41) is 0. The minimum Gasteiger partial charge on any atom is -0.207 e. The van der Waals surface area contributed by atoms with Gasteiger partial charge in [0, 0.05) is 12.1 Å². The second-order valence-corrected chi connectivity index (χ2v) is 7.66. The molecule has 0 bridgehead atoms. The molecule has 2 fully saturated rings. The van der Waals surface area contributed by atoms with E-state index in [1.165, 1.54) is 0 Å². The van der Waals surface area contributed by atoms with Gasteiger partial charge in [-0.15, -0.1) is 0 Å². The van der Waals surface area contributed by atoms with Crippen molar-refractivity contribution in [1.29, 1.82) is 0 Å². The fourth-order valence-corrected chi connectivity index (χ4v) is 4.94. The summed E-state index contributed by atoms with van der Waals surface area (Å²) >= 11 is 0. The van der Waals surface area contributed by atoms with E-state index >= 15 is 0 Å². The molecule has 104 valence electrons. The fourth-order valence-electron chi connectivity index (χ4n) is 3.01. The predicted molar refractivity (Wildman–Crippen MR) is 75.5 cm³/mol. The maximum absolute atomic E-state index is 12.8. The third-order valence-corrected chi connectivity index (χ3v) is 6.21. The van der Waals surface area contributed by atoms with Crippen LogP contribution in [0.3, 0.4) is 0 Å². The van der Waals surface area contributed by atoms with Crippen molar-refractivity contribution in [2.45, 2.75) is 62.4 Å². The quantitative estimate of drug-likeness (QED) is 0.849. The van der Waals surface area contributed by atoms with Gasteiger partial charge in [-0.25, -0.2) is 8.42 Å². The van der Waals surface area contributed by atoms with Gasteiger partial charge in [-0.1, -0.05) is 30.5 Å². The molecule has 2 aliphatic carbocycles. The summed E-state index contributed by atoms with van der Waals surface area (Å²) in [7, 11) is -3.30. The van der Waals surface area contributed by atoms with Crippen molar-refractivity contribution < 1.29 is 8.42 Å². The van der Waals surface area contributed by atoms with Crippen molar-refractivity contribution in [2.24, 2.45) is 0 Å². The molecule has 0 amide bonds. The summed E-state index contributed by atoms with van der Waals surface area (Å²) in [6, 6.07) is 7.75. The topological polar surface area (TPSA) is 37.4 Å². The average Bonchev–Trinajstić information content (AvgIpc) is 3.04. The zero-order valence-corrected chi connectivity index (χ0v) is 12.2. The van der Waals surface area contributed by atoms with Gasteiger partial charge >= 0.3 is 0 Å². The Labute approximate surface area is 115 Å². The number of benzene rings is 1. The maximum atomic E-state index is 12.8. The first kappa shape index (κ1) is 13.1. The normalized spacial score (nSPS) is 21.2. The van der Waals surface area contributed by atoms with Crippen LogP contribution < -0.4 is 0 Å². The Morgan fingerprint density at radius 3 is 2.00 bits per heavy atom. The Balaban J connectivity index is 1.93. The highest BCUT2D eigenvalue weighted by atomic mass is 32.2. The molecule has 1 aromatic carbocycles. The molecule has 0 aliphatic heterocycles. The van der Waals surface area contributed by atoms with Crippen LogP contribution in [-0.4, -0.2) is 24.8 Å². The molecule has 0 N–H and O–H groups in total. The highest BCUT2D eigenvalue weighted by Crippen LogP contribution is 2.38. The minimum atomic E-state index is -3.30. The summed E-state index contributed by atoms with van der Waals surface area (Å²) in [6.45, 7) is 1.98. The lowest BCUT2D eigenvalue weighted by molar-refractivity contribution is 0.314. The highest BCUT2D eigenvalue weighted by Gasteiger charge is 2.43. The standard InChI is InChI=1S/C15H21NO2S/c1-12-6-10-15(11-7-12)19(17,18)16(14-8-9-14)13-4-2-3-5-13/h6-7,10-11,13-14H,2-5,8-9H2,1H3. The van der Waals surface area contributed by atoms with Crippen LogP contribution >= 0.6 is 0 Å². The van der Waals surface area contributed by atoms with E-state index in [9.17, 15) is 8.42 Å². The van der Waals surface area contributed by atoms with E-state index in [1.54, 1.807) is 12.1 Å². The lowest BCUT2D eigenvalue weighted by Gasteiger charge is -2.28. The molecule has 0 aromatic heterocycles. The van der Waals surface area contributed by atoms with Crippen molar-refractivity contribution in [3.8, 4) is 0 Å². The number of aryl methyl sites for hydroxylation is 1. The first-order chi connectivity index (χ1) is 9.09. The molecule has 3 rings (SSSR count). The summed E-state index contributed by atoms with van der Waals surface area (Å²) in [4.78, 5) is 0.455. The van der Waals surface area contributed by atoms with Crippen molar-refractivity contribution in [3.05, 3.63) is 29.8 Å². The molecule has 0 saturated heterocycles. The van der Waals surface area contributed by atoms with Gasteiger partial charge in [-0.3, -0.25) is 0 Å². The van der Waals surface area contributed by atoms with Crippen LogP contribution in [0.25, 0.3) is 0 Å². The first-order valence-corrected chi connectivity index (χ1v) is 8.63. The van der Waals surface area contributed by atoms with E-state index in [2.05, 4.69) is 0 Å². The molecular formula is C15H21NO2S. The van der Waals surface area contributed by atoms with Gasteiger partial charge in [0.1, 0.15) is 0 Å². The lowest BCUT2D eigenvalue weighted by Crippen LogP contribution is -2.40. The number of nitrogens with zero attached hydrogens (tertiary/aromatic N) is 1. The molecule has 0 spiro atoms. The van der Waals surface area contributed by atoms with Crippen LogP contribution in [0.15, 0.2) is 29.2 Å². The largest absolute Gasteiger partial charge is 0.243 e. The molecule has 1 aromatic rings. The van der Waals surface area contributed by atoms with Crippen LogP contribution in [0.2, 0.25) is 0 Å². The Bertz CT molecular complexity index is 540. The third-order valence-electron chi connectivity index (χ3n) is 4.19. The van der Waals surface area contributed by atoms with Gasteiger partial charge in [0.2, 0.25) is 10.0 Å². The van der Waals surface area contributed by atoms with Gasteiger partial charge in [0.15, 0.2) is 0 Å². The van der Waals surface area contributed by atoms with Crippen molar-refractivity contribution >= 4 is 10.0 Å². The molecule has 0 heterocycles. The molecular weight excluding hydrogens is 258 g/mol. The van der Waals surface area contributed by atoms with Crippen LogP contribution in [0.1, 0.15) is 44.1 Å². The smallest absolute Gasteiger partial charge is 0.207 e. The van der Waals surface area contributed by atoms with Crippen molar-refractivity contribution in [1.82, 2.24) is 4.31 Å². The van der Waals surface area contributed by atoms with Crippen LogP contribution in [-0.2, 0) is 10.0 Å². The molecule has 4 heteroatoms. The summed E-state index contributed by atoms with van der Waals surface area (Å²) in [5.41, 5.74) is 1.10. The summed E-state index contributed by atoms with van der Waals surface area (Å²) in [5.74, 6) is 0. The molecule has 0 radical (unpaired) electrons. The molecule has 0 atom stereocenters. The predicted octanol–water partition coefficient (Wildman–Crippen LogP) is 3.09. The second kappa shape index (κ2) is 4.91. The summed E-state index contributed by atoms with van der Waals surface area (Å²) < 4.78 is 27.5. The second-order valence-electron chi connectivity index (χ2n) is 5.82. The van der Waals surface area contributed by atoms with Crippen LogP contribution in [0, 0.1) is 6.92 Å². The molecule has 2 aliphatic rings. The van der Waals surface area contributed by atoms with Crippen molar-refractivity contribution in [2.75, 3.05) is 0 Å². The fraction of sp³-hybridized carbons (Fsp3) is 0.600. The van der Waals surface area contributed by atoms with E-state index < -0.39 is 10.0 Å². The Morgan fingerprint density at radius 2 is 1.47 bits per heavy atom. The highest BCUT2D eigenvalue weighted by molar-refractivity contribution is 7.89. The SMILES string of the molecule is Cc1ccc(S(=O)(=O)N(C2CCCC2)C2CC2)cc1. The van der Waals surface area contributed by atoms with Gasteiger partial charge in [0.25, 0.3) is 0 Å². The number of hydrogen-bond donors (Lipinski definition) is 0.